The summed E-state index contributed by atoms with van der Waals surface area (Å²) < 4.78 is 0. The third-order valence-corrected chi connectivity index (χ3v) is 3.90. The van der Waals surface area contributed by atoms with Crippen LogP contribution in [0.3, 0.4) is 0 Å². The molecule has 2 N–H and O–H groups in total. The van der Waals surface area contributed by atoms with Crippen molar-refractivity contribution in [3.63, 3.8) is 0 Å². The van der Waals surface area contributed by atoms with Gasteiger partial charge in [-0.25, -0.2) is 4.98 Å². The highest BCUT2D eigenvalue weighted by Gasteiger charge is 2.06. The van der Waals surface area contributed by atoms with Gasteiger partial charge in [-0.05, 0) is 29.8 Å². The van der Waals surface area contributed by atoms with Crippen LogP contribution in [0.4, 0.5) is 5.69 Å². The Morgan fingerprint density at radius 2 is 2.09 bits per heavy atom. The molecule has 4 rings (SSSR count). The molecule has 0 amide bonds. The van der Waals surface area contributed by atoms with Crippen molar-refractivity contribution >= 4 is 39.2 Å². The molecule has 0 saturated carbocycles. The smallest absolute Gasteiger partial charge is 0.155 e. The Kier molecular flexibility index (Phi) is 3.12. The molecule has 0 fully saturated rings. The highest BCUT2D eigenvalue weighted by atomic mass is 35.5. The summed E-state index contributed by atoms with van der Waals surface area (Å²) in [6.07, 6.45) is 5.32. The molecule has 22 heavy (non-hydrogen) atoms. The summed E-state index contributed by atoms with van der Waals surface area (Å²) in [5.74, 6) is 0. The van der Waals surface area contributed by atoms with Crippen molar-refractivity contribution in [2.75, 3.05) is 5.32 Å². The van der Waals surface area contributed by atoms with Crippen LogP contribution >= 0.6 is 11.6 Å². The van der Waals surface area contributed by atoms with Crippen molar-refractivity contribution in [2.24, 2.45) is 0 Å². The summed E-state index contributed by atoms with van der Waals surface area (Å²) in [5, 5.41) is 12.8. The zero-order chi connectivity index (χ0) is 14.9. The minimum Gasteiger partial charge on any atom is -0.380 e. The number of hydrogen-bond donors (Lipinski definition) is 2. The topological polar surface area (TPSA) is 66.5 Å². The van der Waals surface area contributed by atoms with Gasteiger partial charge in [0.1, 0.15) is 0 Å². The van der Waals surface area contributed by atoms with Gasteiger partial charge in [-0.1, -0.05) is 17.7 Å². The van der Waals surface area contributed by atoms with Crippen molar-refractivity contribution in [2.45, 2.75) is 6.54 Å². The van der Waals surface area contributed by atoms with Gasteiger partial charge in [0.05, 0.1) is 23.6 Å². The van der Waals surface area contributed by atoms with E-state index in [1.807, 2.05) is 30.3 Å². The fourth-order valence-corrected chi connectivity index (χ4v) is 2.69. The SMILES string of the molecule is Clc1ccc(CNc2cnc3[nH]ncc3c2)c2ncccc12. The average Bonchev–Trinajstić information content (AvgIpc) is 3.02. The highest BCUT2D eigenvalue weighted by molar-refractivity contribution is 6.35. The van der Waals surface area contributed by atoms with Gasteiger partial charge in [0.15, 0.2) is 5.65 Å². The van der Waals surface area contributed by atoms with Crippen LogP contribution in [-0.4, -0.2) is 20.2 Å². The second-order valence-corrected chi connectivity index (χ2v) is 5.40. The van der Waals surface area contributed by atoms with E-state index in [0.29, 0.717) is 11.6 Å². The van der Waals surface area contributed by atoms with Gasteiger partial charge in [0.25, 0.3) is 0 Å². The first-order chi connectivity index (χ1) is 10.8. The molecule has 4 aromatic rings. The first-order valence-corrected chi connectivity index (χ1v) is 7.24. The second kappa shape index (κ2) is 5.27. The molecule has 0 aliphatic carbocycles. The summed E-state index contributed by atoms with van der Waals surface area (Å²) in [4.78, 5) is 8.75. The third-order valence-electron chi connectivity index (χ3n) is 3.57. The zero-order valence-electron chi connectivity index (χ0n) is 11.5. The van der Waals surface area contributed by atoms with E-state index in [4.69, 9.17) is 11.6 Å². The quantitative estimate of drug-likeness (QED) is 0.604. The van der Waals surface area contributed by atoms with Crippen molar-refractivity contribution in [1.82, 2.24) is 20.2 Å². The van der Waals surface area contributed by atoms with E-state index in [1.54, 1.807) is 18.6 Å². The number of nitrogens with zero attached hydrogens (tertiary/aromatic N) is 3. The fraction of sp³-hybridized carbons (Fsp3) is 0.0625. The molecule has 0 spiro atoms. The van der Waals surface area contributed by atoms with E-state index < -0.39 is 0 Å². The minimum absolute atomic E-state index is 0.649. The largest absolute Gasteiger partial charge is 0.380 e. The van der Waals surface area contributed by atoms with Crippen LogP contribution in [0.25, 0.3) is 21.9 Å². The number of benzene rings is 1. The van der Waals surface area contributed by atoms with Crippen LogP contribution in [0.2, 0.25) is 5.02 Å². The summed E-state index contributed by atoms with van der Waals surface area (Å²) in [7, 11) is 0. The molecule has 3 heterocycles. The first kappa shape index (κ1) is 13.0. The van der Waals surface area contributed by atoms with Gasteiger partial charge < -0.3 is 5.32 Å². The molecule has 1 aromatic carbocycles. The van der Waals surface area contributed by atoms with Crippen LogP contribution < -0.4 is 5.32 Å². The molecule has 108 valence electrons. The minimum atomic E-state index is 0.649. The fourth-order valence-electron chi connectivity index (χ4n) is 2.47. The summed E-state index contributed by atoms with van der Waals surface area (Å²) in [5.41, 5.74) is 3.73. The first-order valence-electron chi connectivity index (χ1n) is 6.86. The number of aromatic nitrogens is 4. The Balaban J connectivity index is 1.65. The highest BCUT2D eigenvalue weighted by Crippen LogP contribution is 2.25. The van der Waals surface area contributed by atoms with Crippen molar-refractivity contribution in [1.29, 1.82) is 0 Å². The van der Waals surface area contributed by atoms with Crippen molar-refractivity contribution < 1.29 is 0 Å². The maximum atomic E-state index is 6.22. The standard InChI is InChI=1S/C16H12ClN5/c17-14-4-3-10(15-13(14)2-1-5-18-15)7-19-12-6-11-8-21-22-16(11)20-9-12/h1-6,8-9,19H,7H2,(H,20,21,22). The Hall–Kier alpha value is -2.66. The number of pyridine rings is 2. The molecule has 0 aliphatic rings. The van der Waals surface area contributed by atoms with Crippen molar-refractivity contribution in [3.05, 3.63) is 59.5 Å². The van der Waals surface area contributed by atoms with E-state index in [1.165, 1.54) is 0 Å². The Bertz CT molecular complexity index is 963. The number of nitrogens with one attached hydrogen (secondary N) is 2. The Morgan fingerprint density at radius 1 is 1.14 bits per heavy atom. The molecule has 5 nitrogen and oxygen atoms in total. The average molecular weight is 310 g/mol. The van der Waals surface area contributed by atoms with Crippen LogP contribution in [0.5, 0.6) is 0 Å². The molecular weight excluding hydrogens is 298 g/mol. The van der Waals surface area contributed by atoms with E-state index in [9.17, 15) is 0 Å². The number of aromatic amines is 1. The van der Waals surface area contributed by atoms with Gasteiger partial charge in [0, 0.05) is 28.5 Å². The number of H-pyrrole nitrogens is 1. The van der Waals surface area contributed by atoms with Gasteiger partial charge in [0.2, 0.25) is 0 Å². The van der Waals surface area contributed by atoms with E-state index in [2.05, 4.69) is 25.5 Å². The van der Waals surface area contributed by atoms with E-state index in [0.717, 1.165) is 33.2 Å². The van der Waals surface area contributed by atoms with Crippen LogP contribution in [0.15, 0.2) is 48.9 Å². The lowest BCUT2D eigenvalue weighted by molar-refractivity contribution is 1.09. The van der Waals surface area contributed by atoms with Crippen LogP contribution in [0, 0.1) is 0 Å². The van der Waals surface area contributed by atoms with Crippen LogP contribution in [-0.2, 0) is 6.54 Å². The molecular formula is C16H12ClN5. The Morgan fingerprint density at radius 3 is 3.05 bits per heavy atom. The van der Waals surface area contributed by atoms with E-state index >= 15 is 0 Å². The predicted molar refractivity (Wildman–Crippen MR) is 88.0 cm³/mol. The van der Waals surface area contributed by atoms with Crippen LogP contribution in [0.1, 0.15) is 5.56 Å². The molecule has 0 atom stereocenters. The molecule has 6 heteroatoms. The molecule has 0 unspecified atom stereocenters. The lowest BCUT2D eigenvalue weighted by Crippen LogP contribution is -2.01. The van der Waals surface area contributed by atoms with Gasteiger partial charge in [-0.2, -0.15) is 5.10 Å². The van der Waals surface area contributed by atoms with E-state index in [-0.39, 0.29) is 0 Å². The van der Waals surface area contributed by atoms with Gasteiger partial charge in [-0.15, -0.1) is 0 Å². The lowest BCUT2D eigenvalue weighted by Gasteiger charge is -2.09. The molecule has 3 aromatic heterocycles. The summed E-state index contributed by atoms with van der Waals surface area (Å²) in [6, 6.07) is 9.78. The zero-order valence-corrected chi connectivity index (χ0v) is 12.3. The Labute approximate surface area is 131 Å². The lowest BCUT2D eigenvalue weighted by atomic mass is 10.1. The van der Waals surface area contributed by atoms with Crippen molar-refractivity contribution in [3.8, 4) is 0 Å². The number of hydrogen-bond acceptors (Lipinski definition) is 4. The summed E-state index contributed by atoms with van der Waals surface area (Å²) >= 11 is 6.22. The monoisotopic (exact) mass is 309 g/mol. The normalized spacial score (nSPS) is 11.1. The number of fused-ring (bicyclic) bond motifs is 2. The molecule has 0 radical (unpaired) electrons. The number of rotatable bonds is 3. The summed E-state index contributed by atoms with van der Waals surface area (Å²) in [6.45, 7) is 0.649. The maximum absolute atomic E-state index is 6.22. The van der Waals surface area contributed by atoms with Gasteiger partial charge >= 0.3 is 0 Å². The second-order valence-electron chi connectivity index (χ2n) is 4.99. The molecule has 0 bridgehead atoms. The number of anilines is 1. The predicted octanol–water partition coefficient (Wildman–Crippen LogP) is 3.77. The third kappa shape index (κ3) is 2.25. The number of halogens is 1. The maximum Gasteiger partial charge on any atom is 0.155 e. The molecule has 0 saturated heterocycles. The van der Waals surface area contributed by atoms with Gasteiger partial charge in [-0.3, -0.25) is 10.1 Å². The molecule has 0 aliphatic heterocycles.